The van der Waals surface area contributed by atoms with Crippen molar-refractivity contribution in [1.29, 1.82) is 0 Å². The lowest BCUT2D eigenvalue weighted by atomic mass is 10.1. The van der Waals surface area contributed by atoms with E-state index in [0.29, 0.717) is 6.10 Å². The van der Waals surface area contributed by atoms with E-state index in [1.807, 2.05) is 19.1 Å². The lowest BCUT2D eigenvalue weighted by molar-refractivity contribution is 0.107. The highest BCUT2D eigenvalue weighted by Gasteiger charge is 2.15. The van der Waals surface area contributed by atoms with Gasteiger partial charge in [-0.1, -0.05) is 18.2 Å². The Balaban J connectivity index is 1.85. The average molecular weight is 254 g/mol. The molecule has 0 radical (unpaired) electrons. The smallest absolute Gasteiger partial charge is 0.0592 e. The van der Waals surface area contributed by atoms with Gasteiger partial charge in [-0.3, -0.25) is 0 Å². The van der Waals surface area contributed by atoms with E-state index < -0.39 is 0 Å². The first-order chi connectivity index (χ1) is 8.27. The van der Waals surface area contributed by atoms with Gasteiger partial charge in [-0.15, -0.1) is 11.6 Å². The summed E-state index contributed by atoms with van der Waals surface area (Å²) >= 11 is 6.15. The molecule has 1 aliphatic rings. The van der Waals surface area contributed by atoms with Crippen LogP contribution < -0.4 is 5.32 Å². The molecular formula is C14H20ClNO. The van der Waals surface area contributed by atoms with Gasteiger partial charge in [0, 0.05) is 18.8 Å². The van der Waals surface area contributed by atoms with Crippen molar-refractivity contribution in [1.82, 2.24) is 0 Å². The summed E-state index contributed by atoms with van der Waals surface area (Å²) in [5.74, 6) is 0. The molecule has 0 aliphatic carbocycles. The molecule has 2 unspecified atom stereocenters. The largest absolute Gasteiger partial charge is 0.385 e. The number of para-hydroxylation sites is 1. The monoisotopic (exact) mass is 253 g/mol. The normalized spacial score (nSPS) is 21.4. The van der Waals surface area contributed by atoms with E-state index in [1.54, 1.807) is 0 Å². The van der Waals surface area contributed by atoms with E-state index in [4.69, 9.17) is 16.3 Å². The molecule has 1 N–H and O–H groups in total. The van der Waals surface area contributed by atoms with Gasteiger partial charge in [-0.25, -0.2) is 0 Å². The molecule has 2 atom stereocenters. The molecule has 17 heavy (non-hydrogen) atoms. The third kappa shape index (κ3) is 3.62. The lowest BCUT2D eigenvalue weighted by Gasteiger charge is -2.15. The summed E-state index contributed by atoms with van der Waals surface area (Å²) in [6.07, 6.45) is 3.93. The summed E-state index contributed by atoms with van der Waals surface area (Å²) in [5.41, 5.74) is 2.31. The summed E-state index contributed by atoms with van der Waals surface area (Å²) in [5, 5.41) is 3.50. The van der Waals surface area contributed by atoms with Gasteiger partial charge in [0.25, 0.3) is 0 Å². The maximum absolute atomic E-state index is 6.15. The summed E-state index contributed by atoms with van der Waals surface area (Å²) in [4.78, 5) is 0. The fourth-order valence-electron chi connectivity index (χ4n) is 2.24. The second kappa shape index (κ2) is 6.27. The second-order valence-electron chi connectivity index (χ2n) is 4.55. The van der Waals surface area contributed by atoms with Crippen LogP contribution in [0.15, 0.2) is 24.3 Å². The summed E-state index contributed by atoms with van der Waals surface area (Å²) in [7, 11) is 0. The van der Waals surface area contributed by atoms with E-state index in [0.717, 1.165) is 25.3 Å². The Bertz CT molecular complexity index is 348. The fraction of sp³-hybridized carbons (Fsp3) is 0.571. The predicted octanol–water partition coefficient (Wildman–Crippen LogP) is 3.97. The highest BCUT2D eigenvalue weighted by Crippen LogP contribution is 2.27. The predicted molar refractivity (Wildman–Crippen MR) is 72.8 cm³/mol. The maximum Gasteiger partial charge on any atom is 0.0592 e. The summed E-state index contributed by atoms with van der Waals surface area (Å²) in [6, 6.07) is 8.23. The van der Waals surface area contributed by atoms with Crippen LogP contribution in [0.5, 0.6) is 0 Å². The molecule has 0 spiro atoms. The molecule has 0 saturated carbocycles. The zero-order valence-electron chi connectivity index (χ0n) is 10.3. The minimum atomic E-state index is 0.0430. The van der Waals surface area contributed by atoms with Crippen molar-refractivity contribution in [3.63, 3.8) is 0 Å². The minimum Gasteiger partial charge on any atom is -0.385 e. The molecule has 1 heterocycles. The average Bonchev–Trinajstić information content (AvgIpc) is 2.82. The van der Waals surface area contributed by atoms with Crippen molar-refractivity contribution in [3.8, 4) is 0 Å². The van der Waals surface area contributed by atoms with Gasteiger partial charge in [-0.2, -0.15) is 0 Å². The number of anilines is 1. The van der Waals surface area contributed by atoms with Crippen molar-refractivity contribution in [2.45, 2.75) is 37.7 Å². The number of alkyl halides is 1. The molecule has 3 heteroatoms. The molecule has 0 aromatic heterocycles. The van der Waals surface area contributed by atoms with Crippen LogP contribution in [0, 0.1) is 0 Å². The first kappa shape index (κ1) is 12.7. The van der Waals surface area contributed by atoms with Crippen molar-refractivity contribution in [2.24, 2.45) is 0 Å². The Hall–Kier alpha value is -0.730. The van der Waals surface area contributed by atoms with Crippen LogP contribution in [0.25, 0.3) is 0 Å². The van der Waals surface area contributed by atoms with E-state index in [9.17, 15) is 0 Å². The van der Waals surface area contributed by atoms with Gasteiger partial charge in [0.05, 0.1) is 11.5 Å². The van der Waals surface area contributed by atoms with Crippen LogP contribution >= 0.6 is 11.6 Å². The number of ether oxygens (including phenoxy) is 1. The first-order valence-corrected chi connectivity index (χ1v) is 6.79. The number of nitrogens with one attached hydrogen (secondary N) is 1. The van der Waals surface area contributed by atoms with Gasteiger partial charge in [-0.05, 0) is 37.8 Å². The Morgan fingerprint density at radius 1 is 1.47 bits per heavy atom. The molecule has 2 nitrogen and oxygen atoms in total. The van der Waals surface area contributed by atoms with E-state index >= 15 is 0 Å². The molecule has 2 rings (SSSR count). The standard InChI is InChI=1S/C14H20ClNO/c1-11(15)13-6-2-3-7-14(13)16-9-8-12-5-4-10-17-12/h2-3,6-7,11-12,16H,4-5,8-10H2,1H3. The van der Waals surface area contributed by atoms with Crippen LogP contribution in [0.1, 0.15) is 37.1 Å². The fourth-order valence-corrected chi connectivity index (χ4v) is 2.43. The van der Waals surface area contributed by atoms with E-state index in [-0.39, 0.29) is 5.38 Å². The van der Waals surface area contributed by atoms with Crippen LogP contribution in [-0.2, 0) is 4.74 Å². The molecule has 94 valence electrons. The van der Waals surface area contributed by atoms with Gasteiger partial charge in [0.2, 0.25) is 0 Å². The van der Waals surface area contributed by atoms with Crippen molar-refractivity contribution in [3.05, 3.63) is 29.8 Å². The van der Waals surface area contributed by atoms with Crippen LogP contribution in [-0.4, -0.2) is 19.3 Å². The number of hydrogen-bond acceptors (Lipinski definition) is 2. The Morgan fingerprint density at radius 2 is 2.29 bits per heavy atom. The van der Waals surface area contributed by atoms with E-state index in [2.05, 4.69) is 17.4 Å². The van der Waals surface area contributed by atoms with Crippen LogP contribution in [0.4, 0.5) is 5.69 Å². The minimum absolute atomic E-state index is 0.0430. The molecule has 0 bridgehead atoms. The Labute approximate surface area is 108 Å². The summed E-state index contributed by atoms with van der Waals surface area (Å²) in [6.45, 7) is 3.88. The van der Waals surface area contributed by atoms with Crippen molar-refractivity contribution >= 4 is 17.3 Å². The zero-order valence-corrected chi connectivity index (χ0v) is 11.0. The lowest BCUT2D eigenvalue weighted by Crippen LogP contribution is -2.13. The third-order valence-corrected chi connectivity index (χ3v) is 3.43. The molecule has 1 fully saturated rings. The van der Waals surface area contributed by atoms with Crippen molar-refractivity contribution in [2.75, 3.05) is 18.5 Å². The second-order valence-corrected chi connectivity index (χ2v) is 5.21. The van der Waals surface area contributed by atoms with E-state index in [1.165, 1.54) is 18.4 Å². The number of hydrogen-bond donors (Lipinski definition) is 1. The quantitative estimate of drug-likeness (QED) is 0.802. The molecule has 0 amide bonds. The highest BCUT2D eigenvalue weighted by molar-refractivity contribution is 6.21. The van der Waals surface area contributed by atoms with Gasteiger partial charge in [0.15, 0.2) is 0 Å². The molecule has 1 aliphatic heterocycles. The first-order valence-electron chi connectivity index (χ1n) is 6.36. The molecule has 1 aromatic carbocycles. The van der Waals surface area contributed by atoms with Crippen LogP contribution in [0.3, 0.4) is 0 Å². The van der Waals surface area contributed by atoms with Gasteiger partial charge < -0.3 is 10.1 Å². The topological polar surface area (TPSA) is 21.3 Å². The van der Waals surface area contributed by atoms with Gasteiger partial charge in [0.1, 0.15) is 0 Å². The zero-order chi connectivity index (χ0) is 12.1. The van der Waals surface area contributed by atoms with Crippen molar-refractivity contribution < 1.29 is 4.74 Å². The van der Waals surface area contributed by atoms with Gasteiger partial charge >= 0.3 is 0 Å². The number of benzene rings is 1. The highest BCUT2D eigenvalue weighted by atomic mass is 35.5. The third-order valence-electron chi connectivity index (χ3n) is 3.20. The Morgan fingerprint density at radius 3 is 3.00 bits per heavy atom. The summed E-state index contributed by atoms with van der Waals surface area (Å²) < 4.78 is 5.60. The van der Waals surface area contributed by atoms with Crippen LogP contribution in [0.2, 0.25) is 0 Å². The molecule has 1 aromatic rings. The number of rotatable bonds is 5. The molecule has 1 saturated heterocycles. The molecular weight excluding hydrogens is 234 g/mol. The Kier molecular flexibility index (Phi) is 4.69. The maximum atomic E-state index is 6.15. The number of halogens is 1. The SMILES string of the molecule is CC(Cl)c1ccccc1NCCC1CCCO1.